The molecule has 0 bridgehead atoms. The molecule has 1 heterocycles. The molecule has 0 unspecified atom stereocenters. The average molecular weight is 303 g/mol. The fraction of sp³-hybridized carbons (Fsp3) is 0.538. The van der Waals surface area contributed by atoms with E-state index < -0.39 is 15.8 Å². The molecule has 1 aromatic carbocycles. The lowest BCUT2D eigenvalue weighted by atomic mass is 10.1. The van der Waals surface area contributed by atoms with E-state index in [0.29, 0.717) is 11.1 Å². The summed E-state index contributed by atoms with van der Waals surface area (Å²) in [6.07, 6.45) is 1.70. The number of benzene rings is 1. The van der Waals surface area contributed by atoms with E-state index in [2.05, 4.69) is 4.72 Å². The van der Waals surface area contributed by atoms with Gasteiger partial charge in [-0.1, -0.05) is 0 Å². The SMILES string of the molecule is Cc1cc(F)cc(C)c1S(=O)(=O)NC1CCSCC1. The highest BCUT2D eigenvalue weighted by Gasteiger charge is 2.25. The zero-order valence-corrected chi connectivity index (χ0v) is 12.7. The van der Waals surface area contributed by atoms with Crippen LogP contribution < -0.4 is 4.72 Å². The summed E-state index contributed by atoms with van der Waals surface area (Å²) in [6.45, 7) is 3.25. The highest BCUT2D eigenvalue weighted by molar-refractivity contribution is 7.99. The molecule has 0 saturated carbocycles. The van der Waals surface area contributed by atoms with Crippen LogP contribution in [-0.2, 0) is 10.0 Å². The van der Waals surface area contributed by atoms with Gasteiger partial charge in [0, 0.05) is 6.04 Å². The standard InChI is InChI=1S/C13H18FNO2S2/c1-9-7-11(14)8-10(2)13(9)19(16,17)15-12-3-5-18-6-4-12/h7-8,12,15H,3-6H2,1-2H3. The Labute approximate surface area is 118 Å². The monoisotopic (exact) mass is 303 g/mol. The molecule has 106 valence electrons. The molecule has 0 radical (unpaired) electrons. The summed E-state index contributed by atoms with van der Waals surface area (Å²) in [5.74, 6) is 1.56. The first-order valence-corrected chi connectivity index (χ1v) is 8.91. The van der Waals surface area contributed by atoms with Gasteiger partial charge < -0.3 is 0 Å². The number of halogens is 1. The predicted molar refractivity (Wildman–Crippen MR) is 76.5 cm³/mol. The van der Waals surface area contributed by atoms with Gasteiger partial charge in [-0.2, -0.15) is 11.8 Å². The van der Waals surface area contributed by atoms with E-state index in [1.54, 1.807) is 13.8 Å². The van der Waals surface area contributed by atoms with Gasteiger partial charge in [-0.25, -0.2) is 17.5 Å². The fourth-order valence-corrected chi connectivity index (χ4v) is 5.28. The molecule has 0 atom stereocenters. The van der Waals surface area contributed by atoms with Gasteiger partial charge in [0.15, 0.2) is 0 Å². The summed E-state index contributed by atoms with van der Waals surface area (Å²) < 4.78 is 40.8. The Morgan fingerprint density at radius 3 is 2.26 bits per heavy atom. The number of thioether (sulfide) groups is 1. The van der Waals surface area contributed by atoms with Gasteiger partial charge in [-0.3, -0.25) is 0 Å². The van der Waals surface area contributed by atoms with Crippen molar-refractivity contribution in [2.24, 2.45) is 0 Å². The second kappa shape index (κ2) is 5.81. The second-order valence-corrected chi connectivity index (χ2v) is 7.75. The van der Waals surface area contributed by atoms with Gasteiger partial charge in [0.25, 0.3) is 0 Å². The summed E-state index contributed by atoms with van der Waals surface area (Å²) in [7, 11) is -3.56. The highest BCUT2D eigenvalue weighted by Crippen LogP contribution is 2.24. The average Bonchev–Trinajstić information content (AvgIpc) is 2.27. The van der Waals surface area contributed by atoms with Crippen LogP contribution >= 0.6 is 11.8 Å². The third-order valence-corrected chi connectivity index (χ3v) is 6.11. The van der Waals surface area contributed by atoms with Crippen LogP contribution in [0.4, 0.5) is 4.39 Å². The quantitative estimate of drug-likeness (QED) is 0.933. The van der Waals surface area contributed by atoms with E-state index in [1.165, 1.54) is 12.1 Å². The molecule has 0 aromatic heterocycles. The minimum Gasteiger partial charge on any atom is -0.208 e. The van der Waals surface area contributed by atoms with Crippen molar-refractivity contribution in [3.8, 4) is 0 Å². The summed E-state index contributed by atoms with van der Waals surface area (Å²) in [6, 6.07) is 2.52. The van der Waals surface area contributed by atoms with E-state index in [9.17, 15) is 12.8 Å². The van der Waals surface area contributed by atoms with E-state index in [0.717, 1.165) is 24.3 Å². The first-order valence-electron chi connectivity index (χ1n) is 6.27. The van der Waals surface area contributed by atoms with Gasteiger partial charge in [0.1, 0.15) is 5.82 Å². The fourth-order valence-electron chi connectivity index (χ4n) is 2.42. The highest BCUT2D eigenvalue weighted by atomic mass is 32.2. The zero-order valence-electron chi connectivity index (χ0n) is 11.1. The molecule has 1 N–H and O–H groups in total. The van der Waals surface area contributed by atoms with Crippen LogP contribution in [0, 0.1) is 19.7 Å². The lowest BCUT2D eigenvalue weighted by molar-refractivity contribution is 0.527. The van der Waals surface area contributed by atoms with Crippen molar-refractivity contribution in [2.75, 3.05) is 11.5 Å². The van der Waals surface area contributed by atoms with Crippen molar-refractivity contribution in [1.29, 1.82) is 0 Å². The summed E-state index contributed by atoms with van der Waals surface area (Å²) in [4.78, 5) is 0.215. The molecule has 1 fully saturated rings. The molecule has 1 aliphatic rings. The Hall–Kier alpha value is -0.590. The topological polar surface area (TPSA) is 46.2 Å². The summed E-state index contributed by atoms with van der Waals surface area (Å²) >= 11 is 1.84. The first kappa shape index (κ1) is 14.8. The van der Waals surface area contributed by atoms with Crippen LogP contribution in [0.2, 0.25) is 0 Å². The maximum Gasteiger partial charge on any atom is 0.241 e. The Bertz CT molecular complexity index is 543. The molecule has 1 saturated heterocycles. The number of sulfonamides is 1. The van der Waals surface area contributed by atoms with Crippen LogP contribution in [0.15, 0.2) is 17.0 Å². The van der Waals surface area contributed by atoms with Crippen molar-refractivity contribution >= 4 is 21.8 Å². The Kier molecular flexibility index (Phi) is 4.53. The Morgan fingerprint density at radius 1 is 1.21 bits per heavy atom. The molecular formula is C13H18FNO2S2. The second-order valence-electron chi connectivity index (χ2n) is 4.88. The van der Waals surface area contributed by atoms with Gasteiger partial charge in [0.05, 0.1) is 4.90 Å². The molecule has 0 amide bonds. The molecule has 1 aliphatic heterocycles. The molecule has 0 aliphatic carbocycles. The Morgan fingerprint density at radius 2 is 1.74 bits per heavy atom. The number of hydrogen-bond acceptors (Lipinski definition) is 3. The lowest BCUT2D eigenvalue weighted by Gasteiger charge is -2.23. The van der Waals surface area contributed by atoms with E-state index in [4.69, 9.17) is 0 Å². The zero-order chi connectivity index (χ0) is 14.0. The molecular weight excluding hydrogens is 285 g/mol. The van der Waals surface area contributed by atoms with E-state index in [-0.39, 0.29) is 10.9 Å². The van der Waals surface area contributed by atoms with E-state index in [1.807, 2.05) is 11.8 Å². The molecule has 6 heteroatoms. The Balaban J connectivity index is 2.29. The number of hydrogen-bond donors (Lipinski definition) is 1. The molecule has 3 nitrogen and oxygen atoms in total. The number of nitrogens with one attached hydrogen (secondary N) is 1. The van der Waals surface area contributed by atoms with Gasteiger partial charge in [-0.05, 0) is 61.5 Å². The van der Waals surface area contributed by atoms with Gasteiger partial charge in [-0.15, -0.1) is 0 Å². The number of rotatable bonds is 3. The third-order valence-electron chi connectivity index (χ3n) is 3.24. The normalized spacial score (nSPS) is 17.6. The molecule has 0 spiro atoms. The lowest BCUT2D eigenvalue weighted by Crippen LogP contribution is -2.37. The van der Waals surface area contributed by atoms with Crippen LogP contribution in [0.1, 0.15) is 24.0 Å². The first-order chi connectivity index (χ1) is 8.90. The van der Waals surface area contributed by atoms with Crippen LogP contribution in [0.3, 0.4) is 0 Å². The van der Waals surface area contributed by atoms with Crippen molar-refractivity contribution < 1.29 is 12.8 Å². The van der Waals surface area contributed by atoms with Crippen molar-refractivity contribution in [1.82, 2.24) is 4.72 Å². The number of aryl methyl sites for hydroxylation is 2. The van der Waals surface area contributed by atoms with Crippen LogP contribution in [-0.4, -0.2) is 26.0 Å². The minimum absolute atomic E-state index is 0.00453. The molecule has 2 rings (SSSR count). The van der Waals surface area contributed by atoms with Crippen LogP contribution in [0.5, 0.6) is 0 Å². The van der Waals surface area contributed by atoms with Gasteiger partial charge in [0.2, 0.25) is 10.0 Å². The van der Waals surface area contributed by atoms with Crippen molar-refractivity contribution in [2.45, 2.75) is 37.6 Å². The summed E-state index contributed by atoms with van der Waals surface area (Å²) in [5, 5.41) is 0. The largest absolute Gasteiger partial charge is 0.241 e. The molecule has 1 aromatic rings. The third kappa shape index (κ3) is 3.49. The van der Waals surface area contributed by atoms with Crippen molar-refractivity contribution in [3.63, 3.8) is 0 Å². The predicted octanol–water partition coefficient (Wildman–Crippen LogP) is 2.62. The molecule has 19 heavy (non-hydrogen) atoms. The van der Waals surface area contributed by atoms with Gasteiger partial charge >= 0.3 is 0 Å². The maximum absolute atomic E-state index is 13.2. The summed E-state index contributed by atoms with van der Waals surface area (Å²) in [5.41, 5.74) is 0.908. The maximum atomic E-state index is 13.2. The van der Waals surface area contributed by atoms with Crippen molar-refractivity contribution in [3.05, 3.63) is 29.1 Å². The smallest absolute Gasteiger partial charge is 0.208 e. The van der Waals surface area contributed by atoms with E-state index >= 15 is 0 Å². The van der Waals surface area contributed by atoms with Crippen LogP contribution in [0.25, 0.3) is 0 Å². The minimum atomic E-state index is -3.56.